The van der Waals surface area contributed by atoms with Crippen molar-refractivity contribution in [3.05, 3.63) is 114 Å². The fraction of sp³-hybridized carbons (Fsp3) is 0.156. The lowest BCUT2D eigenvalue weighted by Crippen LogP contribution is -2.15. The summed E-state index contributed by atoms with van der Waals surface area (Å²) < 4.78 is 1.97. The first-order valence-electron chi connectivity index (χ1n) is 12.7. The second kappa shape index (κ2) is 11.5. The third kappa shape index (κ3) is 6.24. The Morgan fingerprint density at radius 3 is 2.18 bits per heavy atom. The molecule has 0 fully saturated rings. The molecule has 1 amide bonds. The number of carbonyl (C=O) groups is 1. The molecule has 0 atom stereocenters. The van der Waals surface area contributed by atoms with Gasteiger partial charge in [-0.1, -0.05) is 117 Å². The summed E-state index contributed by atoms with van der Waals surface area (Å²) in [4.78, 5) is 13.1. The van der Waals surface area contributed by atoms with Gasteiger partial charge >= 0.3 is 0 Å². The Hall–Kier alpha value is -3.87. The van der Waals surface area contributed by atoms with E-state index in [-0.39, 0.29) is 17.1 Å². The summed E-state index contributed by atoms with van der Waals surface area (Å²) in [5.41, 5.74) is 5.90. The minimum Gasteiger partial charge on any atom is -0.325 e. The number of carbonyl (C=O) groups excluding carboxylic acids is 1. The van der Waals surface area contributed by atoms with Gasteiger partial charge in [-0.25, -0.2) is 0 Å². The van der Waals surface area contributed by atoms with Crippen LogP contribution in [-0.4, -0.2) is 26.4 Å². The number of rotatable bonds is 7. The van der Waals surface area contributed by atoms with Crippen LogP contribution in [0.2, 0.25) is 5.02 Å². The standard InChI is InChI=1S/C32H29ClN4OS/c1-32(2,3)24-15-13-23(14-16-24)30-35-36-31(37(30)26-19-17-25(33)18-20-26)39-21-29(38)34-28-12-8-7-11-27(28)22-9-5-4-6-10-22/h4-20H,21H2,1-3H3,(H,34,38). The summed E-state index contributed by atoms with van der Waals surface area (Å²) in [6, 6.07) is 33.8. The van der Waals surface area contributed by atoms with Crippen LogP contribution in [0.25, 0.3) is 28.2 Å². The van der Waals surface area contributed by atoms with Crippen molar-refractivity contribution in [3.8, 4) is 28.2 Å². The van der Waals surface area contributed by atoms with Gasteiger partial charge in [0, 0.05) is 27.5 Å². The average Bonchev–Trinajstić information content (AvgIpc) is 3.37. The van der Waals surface area contributed by atoms with Crippen molar-refractivity contribution in [1.29, 1.82) is 0 Å². The second-order valence-electron chi connectivity index (χ2n) is 10.2. The van der Waals surface area contributed by atoms with Crippen molar-refractivity contribution in [2.24, 2.45) is 0 Å². The maximum atomic E-state index is 13.1. The van der Waals surface area contributed by atoms with E-state index in [0.29, 0.717) is 16.0 Å². The fourth-order valence-corrected chi connectivity index (χ4v) is 5.15. The lowest BCUT2D eigenvalue weighted by molar-refractivity contribution is -0.113. The number of para-hydroxylation sites is 1. The smallest absolute Gasteiger partial charge is 0.234 e. The van der Waals surface area contributed by atoms with Crippen molar-refractivity contribution in [2.45, 2.75) is 31.3 Å². The van der Waals surface area contributed by atoms with Gasteiger partial charge in [-0.2, -0.15) is 0 Å². The number of anilines is 1. The van der Waals surface area contributed by atoms with E-state index in [1.54, 1.807) is 0 Å². The molecule has 0 aliphatic heterocycles. The normalized spacial score (nSPS) is 11.4. The van der Waals surface area contributed by atoms with Crippen molar-refractivity contribution >= 4 is 35.0 Å². The van der Waals surface area contributed by atoms with Crippen LogP contribution in [0.3, 0.4) is 0 Å². The zero-order valence-corrected chi connectivity index (χ0v) is 23.6. The lowest BCUT2D eigenvalue weighted by Gasteiger charge is -2.19. The molecule has 0 saturated carbocycles. The summed E-state index contributed by atoms with van der Waals surface area (Å²) in [6.45, 7) is 6.57. The summed E-state index contributed by atoms with van der Waals surface area (Å²) >= 11 is 7.51. The first-order valence-corrected chi connectivity index (χ1v) is 14.1. The fourth-order valence-electron chi connectivity index (χ4n) is 4.27. The lowest BCUT2D eigenvalue weighted by atomic mass is 9.87. The summed E-state index contributed by atoms with van der Waals surface area (Å²) in [5, 5.41) is 13.3. The molecule has 0 unspecified atom stereocenters. The van der Waals surface area contributed by atoms with Crippen LogP contribution in [0.1, 0.15) is 26.3 Å². The second-order valence-corrected chi connectivity index (χ2v) is 11.6. The van der Waals surface area contributed by atoms with E-state index in [4.69, 9.17) is 11.6 Å². The molecule has 5 nitrogen and oxygen atoms in total. The van der Waals surface area contributed by atoms with E-state index in [1.165, 1.54) is 17.3 Å². The number of hydrogen-bond acceptors (Lipinski definition) is 4. The number of thioether (sulfide) groups is 1. The number of nitrogens with one attached hydrogen (secondary N) is 1. The average molecular weight is 553 g/mol. The molecule has 0 saturated heterocycles. The molecule has 1 N–H and O–H groups in total. The third-order valence-electron chi connectivity index (χ3n) is 6.35. The van der Waals surface area contributed by atoms with Crippen LogP contribution in [0.5, 0.6) is 0 Å². The van der Waals surface area contributed by atoms with Gasteiger partial charge in [0.05, 0.1) is 5.75 Å². The Morgan fingerprint density at radius 2 is 1.49 bits per heavy atom. The van der Waals surface area contributed by atoms with E-state index < -0.39 is 0 Å². The zero-order chi connectivity index (χ0) is 27.4. The first kappa shape index (κ1) is 26.7. The van der Waals surface area contributed by atoms with Crippen LogP contribution < -0.4 is 5.32 Å². The topological polar surface area (TPSA) is 59.8 Å². The van der Waals surface area contributed by atoms with E-state index in [1.807, 2.05) is 83.4 Å². The van der Waals surface area contributed by atoms with Gasteiger partial charge in [0.2, 0.25) is 5.91 Å². The molecule has 0 radical (unpaired) electrons. The van der Waals surface area contributed by atoms with Crippen LogP contribution in [0, 0.1) is 0 Å². The highest BCUT2D eigenvalue weighted by molar-refractivity contribution is 7.99. The molecule has 0 aliphatic rings. The minimum absolute atomic E-state index is 0.0515. The highest BCUT2D eigenvalue weighted by atomic mass is 35.5. The van der Waals surface area contributed by atoms with Gasteiger partial charge in [-0.3, -0.25) is 9.36 Å². The van der Waals surface area contributed by atoms with Crippen LogP contribution in [-0.2, 0) is 10.2 Å². The molecule has 0 aliphatic carbocycles. The van der Waals surface area contributed by atoms with Gasteiger partial charge in [0.1, 0.15) is 0 Å². The summed E-state index contributed by atoms with van der Waals surface area (Å²) in [5.74, 6) is 0.762. The highest BCUT2D eigenvalue weighted by Crippen LogP contribution is 2.31. The van der Waals surface area contributed by atoms with E-state index in [9.17, 15) is 4.79 Å². The minimum atomic E-state index is -0.120. The molecular formula is C32H29ClN4OS. The van der Waals surface area contributed by atoms with E-state index >= 15 is 0 Å². The van der Waals surface area contributed by atoms with Gasteiger partial charge in [-0.05, 0) is 46.9 Å². The van der Waals surface area contributed by atoms with Gasteiger partial charge < -0.3 is 5.32 Å². The molecule has 5 rings (SSSR count). The predicted molar refractivity (Wildman–Crippen MR) is 162 cm³/mol. The molecule has 1 heterocycles. The monoisotopic (exact) mass is 552 g/mol. The van der Waals surface area contributed by atoms with Crippen LogP contribution >= 0.6 is 23.4 Å². The van der Waals surface area contributed by atoms with Gasteiger partial charge in [-0.15, -0.1) is 10.2 Å². The van der Waals surface area contributed by atoms with Crippen LogP contribution in [0.4, 0.5) is 5.69 Å². The predicted octanol–water partition coefficient (Wildman–Crippen LogP) is 8.28. The van der Waals surface area contributed by atoms with Crippen LogP contribution in [0.15, 0.2) is 108 Å². The number of amides is 1. The SMILES string of the molecule is CC(C)(C)c1ccc(-c2nnc(SCC(=O)Nc3ccccc3-c3ccccc3)n2-c2ccc(Cl)cc2)cc1. The van der Waals surface area contributed by atoms with E-state index in [2.05, 4.69) is 60.6 Å². The van der Waals surface area contributed by atoms with Crippen molar-refractivity contribution in [3.63, 3.8) is 0 Å². The molecule has 4 aromatic carbocycles. The summed E-state index contributed by atoms with van der Waals surface area (Å²) in [7, 11) is 0. The van der Waals surface area contributed by atoms with Crippen molar-refractivity contribution in [1.82, 2.24) is 14.8 Å². The molecule has 1 aromatic heterocycles. The molecular weight excluding hydrogens is 524 g/mol. The Morgan fingerprint density at radius 1 is 0.821 bits per heavy atom. The molecule has 196 valence electrons. The molecule has 5 aromatic rings. The number of aromatic nitrogens is 3. The highest BCUT2D eigenvalue weighted by Gasteiger charge is 2.19. The molecule has 0 spiro atoms. The Bertz CT molecular complexity index is 1570. The Balaban J connectivity index is 1.40. The Kier molecular flexibility index (Phi) is 7.87. The number of halogens is 1. The number of nitrogens with zero attached hydrogens (tertiary/aromatic N) is 3. The zero-order valence-electron chi connectivity index (χ0n) is 22.1. The molecule has 39 heavy (non-hydrogen) atoms. The molecule has 0 bridgehead atoms. The number of hydrogen-bond donors (Lipinski definition) is 1. The van der Waals surface area contributed by atoms with Crippen molar-refractivity contribution < 1.29 is 4.79 Å². The van der Waals surface area contributed by atoms with Gasteiger partial charge in [0.15, 0.2) is 11.0 Å². The molecule has 7 heteroatoms. The maximum absolute atomic E-state index is 13.1. The number of benzene rings is 4. The third-order valence-corrected chi connectivity index (χ3v) is 7.53. The quantitative estimate of drug-likeness (QED) is 0.206. The first-order chi connectivity index (χ1) is 18.8. The van der Waals surface area contributed by atoms with E-state index in [0.717, 1.165) is 28.1 Å². The summed E-state index contributed by atoms with van der Waals surface area (Å²) in [6.07, 6.45) is 0. The maximum Gasteiger partial charge on any atom is 0.234 e. The van der Waals surface area contributed by atoms with Crippen molar-refractivity contribution in [2.75, 3.05) is 11.1 Å². The van der Waals surface area contributed by atoms with Gasteiger partial charge in [0.25, 0.3) is 0 Å². The largest absolute Gasteiger partial charge is 0.325 e. The Labute approximate surface area is 238 Å².